The van der Waals surface area contributed by atoms with Crippen molar-refractivity contribution in [1.29, 1.82) is 0 Å². The fourth-order valence-electron chi connectivity index (χ4n) is 4.30. The molecule has 2 heteroatoms. The van der Waals surface area contributed by atoms with Gasteiger partial charge in [-0.1, -0.05) is 105 Å². The van der Waals surface area contributed by atoms with E-state index in [4.69, 9.17) is 0 Å². The zero-order chi connectivity index (χ0) is 22.5. The average molecular weight is 429 g/mol. The first-order chi connectivity index (χ1) is 15.6. The minimum absolute atomic E-state index is 0.292. The van der Waals surface area contributed by atoms with E-state index in [0.717, 1.165) is 22.9 Å². The Labute approximate surface area is 189 Å². The molecule has 0 radical (unpaired) electrons. The maximum atomic E-state index is 15.4. The van der Waals surface area contributed by atoms with Gasteiger partial charge >= 0.3 is 0 Å². The summed E-state index contributed by atoms with van der Waals surface area (Å²) in [5.74, 6) is -0.635. The van der Waals surface area contributed by atoms with Crippen LogP contribution in [0.2, 0.25) is 0 Å². The van der Waals surface area contributed by atoms with Crippen LogP contribution in [0.15, 0.2) is 72.8 Å². The van der Waals surface area contributed by atoms with Gasteiger partial charge < -0.3 is 0 Å². The van der Waals surface area contributed by atoms with Crippen LogP contribution in [0.4, 0.5) is 8.78 Å². The van der Waals surface area contributed by atoms with E-state index >= 15 is 4.39 Å². The summed E-state index contributed by atoms with van der Waals surface area (Å²) in [6.07, 6.45) is 7.24. The van der Waals surface area contributed by atoms with E-state index in [1.165, 1.54) is 43.7 Å². The Morgan fingerprint density at radius 2 is 1.38 bits per heavy atom. The summed E-state index contributed by atoms with van der Waals surface area (Å²) >= 11 is 0. The SMILES string of the molecule is CCCCCCCc1ccc2c(F)c(-c3ccc(-c4ccc(C)cc4)c(F)c3)ccc2c1. The Bertz CT molecular complexity index is 1210. The molecule has 0 aliphatic rings. The van der Waals surface area contributed by atoms with Gasteiger partial charge in [-0.05, 0) is 47.9 Å². The van der Waals surface area contributed by atoms with E-state index < -0.39 is 0 Å². The largest absolute Gasteiger partial charge is 0.206 e. The van der Waals surface area contributed by atoms with Crippen LogP contribution in [0.3, 0.4) is 0 Å². The molecule has 0 aliphatic heterocycles. The van der Waals surface area contributed by atoms with Crippen molar-refractivity contribution in [3.8, 4) is 22.3 Å². The first-order valence-electron chi connectivity index (χ1n) is 11.6. The summed E-state index contributed by atoms with van der Waals surface area (Å²) < 4.78 is 30.2. The zero-order valence-electron chi connectivity index (χ0n) is 18.9. The third kappa shape index (κ3) is 4.91. The van der Waals surface area contributed by atoms with Crippen LogP contribution in [0.25, 0.3) is 33.0 Å². The second-order valence-electron chi connectivity index (χ2n) is 8.71. The third-order valence-corrected chi connectivity index (χ3v) is 6.23. The van der Waals surface area contributed by atoms with E-state index in [-0.39, 0.29) is 11.6 Å². The van der Waals surface area contributed by atoms with Gasteiger partial charge in [-0.25, -0.2) is 8.78 Å². The van der Waals surface area contributed by atoms with Crippen molar-refractivity contribution in [3.63, 3.8) is 0 Å². The lowest BCUT2D eigenvalue weighted by Gasteiger charge is -2.11. The lowest BCUT2D eigenvalue weighted by molar-refractivity contribution is 0.630. The average Bonchev–Trinajstić information content (AvgIpc) is 2.80. The van der Waals surface area contributed by atoms with Crippen molar-refractivity contribution < 1.29 is 8.78 Å². The fraction of sp³-hybridized carbons (Fsp3) is 0.267. The number of unbranched alkanes of at least 4 members (excludes halogenated alkanes) is 4. The Balaban J connectivity index is 1.58. The number of hydrogen-bond acceptors (Lipinski definition) is 0. The number of benzene rings is 4. The molecule has 0 aliphatic carbocycles. The normalized spacial score (nSPS) is 11.2. The smallest absolute Gasteiger partial charge is 0.138 e. The van der Waals surface area contributed by atoms with E-state index in [1.54, 1.807) is 18.2 Å². The molecular formula is C30H30F2. The molecule has 4 aromatic rings. The summed E-state index contributed by atoms with van der Waals surface area (Å²) in [7, 11) is 0. The van der Waals surface area contributed by atoms with Crippen LogP contribution in [0.5, 0.6) is 0 Å². The van der Waals surface area contributed by atoms with Crippen LogP contribution in [0, 0.1) is 18.6 Å². The molecular weight excluding hydrogens is 398 g/mol. The van der Waals surface area contributed by atoms with E-state index in [9.17, 15) is 4.39 Å². The summed E-state index contributed by atoms with van der Waals surface area (Å²) in [5, 5.41) is 1.48. The first kappa shape index (κ1) is 22.2. The maximum absolute atomic E-state index is 15.4. The Kier molecular flexibility index (Phi) is 6.99. The Hall–Kier alpha value is -3.00. The Morgan fingerprint density at radius 3 is 2.12 bits per heavy atom. The molecule has 0 unspecified atom stereocenters. The van der Waals surface area contributed by atoms with Crippen molar-refractivity contribution >= 4 is 10.8 Å². The molecule has 0 fully saturated rings. The summed E-state index contributed by atoms with van der Waals surface area (Å²) in [6, 6.07) is 22.4. The summed E-state index contributed by atoms with van der Waals surface area (Å²) in [5.41, 5.74) is 4.70. The van der Waals surface area contributed by atoms with E-state index in [0.29, 0.717) is 22.1 Å². The maximum Gasteiger partial charge on any atom is 0.138 e. The van der Waals surface area contributed by atoms with Crippen LogP contribution in [-0.2, 0) is 6.42 Å². The first-order valence-corrected chi connectivity index (χ1v) is 11.6. The summed E-state index contributed by atoms with van der Waals surface area (Å²) in [6.45, 7) is 4.22. The van der Waals surface area contributed by atoms with Crippen molar-refractivity contribution in [2.75, 3.05) is 0 Å². The quantitative estimate of drug-likeness (QED) is 0.245. The highest BCUT2D eigenvalue weighted by Crippen LogP contribution is 2.33. The lowest BCUT2D eigenvalue weighted by Crippen LogP contribution is -1.92. The highest BCUT2D eigenvalue weighted by atomic mass is 19.1. The second kappa shape index (κ2) is 10.1. The number of rotatable bonds is 8. The molecule has 164 valence electrons. The lowest BCUT2D eigenvalue weighted by atomic mass is 9.95. The molecule has 0 bridgehead atoms. The molecule has 0 atom stereocenters. The zero-order valence-corrected chi connectivity index (χ0v) is 18.9. The van der Waals surface area contributed by atoms with Crippen molar-refractivity contribution in [2.45, 2.75) is 52.4 Å². The Morgan fingerprint density at radius 1 is 0.656 bits per heavy atom. The standard InChI is InChI=1S/C30H30F2/c1-3-4-5-6-7-8-22-11-16-27-24(19-22)15-18-28(30(27)32)25-14-17-26(29(31)20-25)23-12-9-21(2)10-13-23/h9-20H,3-8H2,1-2H3. The van der Waals surface area contributed by atoms with Gasteiger partial charge in [-0.2, -0.15) is 0 Å². The van der Waals surface area contributed by atoms with Gasteiger partial charge in [0.15, 0.2) is 0 Å². The minimum Gasteiger partial charge on any atom is -0.206 e. The van der Waals surface area contributed by atoms with Crippen LogP contribution in [-0.4, -0.2) is 0 Å². The third-order valence-electron chi connectivity index (χ3n) is 6.23. The van der Waals surface area contributed by atoms with Gasteiger partial charge in [-0.3, -0.25) is 0 Å². The molecule has 0 spiro atoms. The van der Waals surface area contributed by atoms with Gasteiger partial charge in [0.25, 0.3) is 0 Å². The molecule has 4 aromatic carbocycles. The van der Waals surface area contributed by atoms with Gasteiger partial charge in [-0.15, -0.1) is 0 Å². The molecule has 32 heavy (non-hydrogen) atoms. The molecule has 0 heterocycles. The fourth-order valence-corrected chi connectivity index (χ4v) is 4.30. The number of hydrogen-bond donors (Lipinski definition) is 0. The monoisotopic (exact) mass is 428 g/mol. The van der Waals surface area contributed by atoms with Crippen molar-refractivity contribution in [1.82, 2.24) is 0 Å². The molecule has 0 N–H and O–H groups in total. The molecule has 0 amide bonds. The van der Waals surface area contributed by atoms with Crippen molar-refractivity contribution in [3.05, 3.63) is 95.6 Å². The van der Waals surface area contributed by atoms with Gasteiger partial charge in [0, 0.05) is 16.5 Å². The second-order valence-corrected chi connectivity index (χ2v) is 8.71. The van der Waals surface area contributed by atoms with E-state index in [2.05, 4.69) is 13.0 Å². The van der Waals surface area contributed by atoms with Gasteiger partial charge in [0.1, 0.15) is 11.6 Å². The highest BCUT2D eigenvalue weighted by Gasteiger charge is 2.13. The predicted octanol–water partition coefficient (Wildman–Crippen LogP) is 9.27. The number of fused-ring (bicyclic) bond motifs is 1. The van der Waals surface area contributed by atoms with Crippen LogP contribution < -0.4 is 0 Å². The molecule has 4 rings (SSSR count). The number of halogens is 2. The van der Waals surface area contributed by atoms with E-state index in [1.807, 2.05) is 49.4 Å². The molecule has 0 nitrogen and oxygen atoms in total. The van der Waals surface area contributed by atoms with Crippen LogP contribution >= 0.6 is 0 Å². The highest BCUT2D eigenvalue weighted by molar-refractivity contribution is 5.89. The minimum atomic E-state index is -0.343. The van der Waals surface area contributed by atoms with Gasteiger partial charge in [0.05, 0.1) is 0 Å². The summed E-state index contributed by atoms with van der Waals surface area (Å²) in [4.78, 5) is 0. The van der Waals surface area contributed by atoms with Crippen LogP contribution in [0.1, 0.15) is 50.2 Å². The molecule has 0 aromatic heterocycles. The number of aryl methyl sites for hydroxylation is 2. The van der Waals surface area contributed by atoms with Gasteiger partial charge in [0.2, 0.25) is 0 Å². The van der Waals surface area contributed by atoms with Crippen molar-refractivity contribution in [2.24, 2.45) is 0 Å². The molecule has 0 saturated heterocycles. The topological polar surface area (TPSA) is 0 Å². The predicted molar refractivity (Wildman–Crippen MR) is 132 cm³/mol. The molecule has 0 saturated carbocycles.